The molecule has 0 radical (unpaired) electrons. The van der Waals surface area contributed by atoms with Crippen LogP contribution in [0.4, 0.5) is 0 Å². The number of likely N-dealkylation sites (tertiary alicyclic amines) is 1. The molecule has 4 unspecified atom stereocenters. The van der Waals surface area contributed by atoms with E-state index < -0.39 is 0 Å². The zero-order valence-corrected chi connectivity index (χ0v) is 44.6. The summed E-state index contributed by atoms with van der Waals surface area (Å²) in [4.78, 5) is 2.51. The second kappa shape index (κ2) is 29.5. The second-order valence-electron chi connectivity index (χ2n) is 23.6. The lowest BCUT2D eigenvalue weighted by Gasteiger charge is -2.58. The first kappa shape index (κ1) is 55.3. The summed E-state index contributed by atoms with van der Waals surface area (Å²) < 4.78 is 37.7. The van der Waals surface area contributed by atoms with Crippen molar-refractivity contribution in [3.63, 3.8) is 0 Å². The number of fused-ring (bicyclic) bond motifs is 5. The van der Waals surface area contributed by atoms with Crippen LogP contribution in [0.3, 0.4) is 0 Å². The van der Waals surface area contributed by atoms with Crippen molar-refractivity contribution in [2.24, 2.45) is 46.3 Å². The number of nitrogens with zero attached hydrogens (tertiary/aromatic N) is 1. The van der Waals surface area contributed by atoms with Gasteiger partial charge in [0.1, 0.15) is 0 Å². The summed E-state index contributed by atoms with van der Waals surface area (Å²) in [5.74, 6) is 4.95. The van der Waals surface area contributed by atoms with E-state index in [1.807, 2.05) is 0 Å². The normalized spacial score (nSPS) is 30.8. The van der Waals surface area contributed by atoms with E-state index in [1.54, 1.807) is 5.57 Å². The van der Waals surface area contributed by atoms with Crippen LogP contribution in [-0.4, -0.2) is 95.4 Å². The Hall–Kier alpha value is -1.06. The topological polar surface area (TPSA) is 58.6 Å². The molecule has 7 heteroatoms. The van der Waals surface area contributed by atoms with E-state index in [0.29, 0.717) is 50.0 Å². The minimum Gasteiger partial charge on any atom is -0.379 e. The molecule has 386 valence electrons. The van der Waals surface area contributed by atoms with Gasteiger partial charge >= 0.3 is 0 Å². The van der Waals surface area contributed by atoms with Gasteiger partial charge in [0.25, 0.3) is 0 Å². The molecule has 0 aromatic carbocycles. The lowest BCUT2D eigenvalue weighted by Crippen LogP contribution is -2.51. The van der Waals surface area contributed by atoms with Crippen LogP contribution in [0.5, 0.6) is 0 Å². The van der Waals surface area contributed by atoms with Crippen LogP contribution in [0.2, 0.25) is 0 Å². The molecule has 3 saturated carbocycles. The Balaban J connectivity index is 0.840. The van der Waals surface area contributed by atoms with Gasteiger partial charge in [-0.05, 0) is 143 Å². The summed E-state index contributed by atoms with van der Waals surface area (Å²) >= 11 is 0. The molecule has 0 bridgehead atoms. The monoisotopic (exact) mass is 936 g/mol. The zero-order chi connectivity index (χ0) is 47.2. The van der Waals surface area contributed by atoms with Crippen LogP contribution >= 0.6 is 0 Å². The number of hydrogen-bond donors (Lipinski definition) is 0. The van der Waals surface area contributed by atoms with Crippen molar-refractivity contribution in [1.82, 2.24) is 4.90 Å². The summed E-state index contributed by atoms with van der Waals surface area (Å²) in [5, 5.41) is 0. The van der Waals surface area contributed by atoms with Gasteiger partial charge in [-0.25, -0.2) is 0 Å². The third-order valence-electron chi connectivity index (χ3n) is 18.3. The van der Waals surface area contributed by atoms with Gasteiger partial charge in [-0.3, -0.25) is 0 Å². The Kier molecular flexibility index (Phi) is 24.3. The van der Waals surface area contributed by atoms with Crippen molar-refractivity contribution < 1.29 is 28.4 Å². The van der Waals surface area contributed by atoms with Gasteiger partial charge in [-0.2, -0.15) is 0 Å². The molecule has 0 aromatic heterocycles. The fraction of sp³-hybridized carbons (Fsp3) is 0.900. The smallest absolute Gasteiger partial charge is 0.170 e. The SMILES string of the molecule is CCCCCC=CCC=CCCCCCCCCOCC(CN1CCC2(CC1)OCCCO2)OCCOCCO[C@H]1CC[C@@]2(C)C(=CCC3C2CC[C@@]2(C)C3CC[C@@H]2[C@H](C)CCCC(C)C)C1. The maximum atomic E-state index is 6.55. The first-order chi connectivity index (χ1) is 32.7. The van der Waals surface area contributed by atoms with Crippen molar-refractivity contribution in [1.29, 1.82) is 0 Å². The Bertz CT molecular complexity index is 1430. The highest BCUT2D eigenvalue weighted by atomic mass is 16.7. The van der Waals surface area contributed by atoms with Gasteiger partial charge in [0, 0.05) is 39.1 Å². The van der Waals surface area contributed by atoms with Crippen molar-refractivity contribution in [3.05, 3.63) is 36.0 Å². The molecule has 4 aliphatic carbocycles. The molecule has 0 aromatic rings. The highest BCUT2D eigenvalue weighted by molar-refractivity contribution is 5.25. The molecule has 5 fully saturated rings. The lowest BCUT2D eigenvalue weighted by atomic mass is 9.47. The van der Waals surface area contributed by atoms with E-state index in [4.69, 9.17) is 28.4 Å². The first-order valence-electron chi connectivity index (χ1n) is 29.0. The van der Waals surface area contributed by atoms with Crippen LogP contribution in [-0.2, 0) is 28.4 Å². The third kappa shape index (κ3) is 17.0. The van der Waals surface area contributed by atoms with Gasteiger partial charge in [0.15, 0.2) is 5.79 Å². The van der Waals surface area contributed by atoms with Crippen LogP contribution < -0.4 is 0 Å². The fourth-order valence-corrected chi connectivity index (χ4v) is 14.3. The van der Waals surface area contributed by atoms with Crippen LogP contribution in [0, 0.1) is 46.3 Å². The minimum absolute atomic E-state index is 0.0303. The summed E-state index contributed by atoms with van der Waals surface area (Å²) in [7, 11) is 0. The molecular formula is C60H105NO6. The van der Waals surface area contributed by atoms with Gasteiger partial charge in [0.05, 0.1) is 58.5 Å². The van der Waals surface area contributed by atoms with Crippen LogP contribution in [0.25, 0.3) is 0 Å². The van der Waals surface area contributed by atoms with Gasteiger partial charge in [0.2, 0.25) is 0 Å². The van der Waals surface area contributed by atoms with E-state index in [-0.39, 0.29) is 11.9 Å². The molecule has 9 atom stereocenters. The number of hydrogen-bond acceptors (Lipinski definition) is 7. The average Bonchev–Trinajstić information content (AvgIpc) is 3.69. The van der Waals surface area contributed by atoms with Crippen molar-refractivity contribution >= 4 is 0 Å². The van der Waals surface area contributed by atoms with Gasteiger partial charge in [-0.1, -0.05) is 135 Å². The first-order valence-corrected chi connectivity index (χ1v) is 29.0. The minimum atomic E-state index is -0.365. The molecule has 6 rings (SSSR count). The Labute approximate surface area is 413 Å². The second-order valence-corrected chi connectivity index (χ2v) is 23.6. The summed E-state index contributed by atoms with van der Waals surface area (Å²) in [5.41, 5.74) is 2.65. The van der Waals surface area contributed by atoms with Crippen molar-refractivity contribution in [2.75, 3.05) is 72.5 Å². The van der Waals surface area contributed by atoms with Crippen LogP contribution in [0.1, 0.15) is 208 Å². The molecule has 0 amide bonds. The summed E-state index contributed by atoms with van der Waals surface area (Å²) in [6.07, 6.45) is 45.4. The number of ether oxygens (including phenoxy) is 6. The number of unbranched alkanes of at least 4 members (excludes halogenated alkanes) is 9. The highest BCUT2D eigenvalue weighted by Crippen LogP contribution is 2.67. The largest absolute Gasteiger partial charge is 0.379 e. The predicted octanol–water partition coefficient (Wildman–Crippen LogP) is 14.9. The predicted molar refractivity (Wildman–Crippen MR) is 278 cm³/mol. The quantitative estimate of drug-likeness (QED) is 0.0492. The summed E-state index contributed by atoms with van der Waals surface area (Å²) in [6.45, 7) is 23.4. The number of rotatable bonds is 32. The molecule has 0 N–H and O–H groups in total. The number of allylic oxidation sites excluding steroid dienone is 5. The highest BCUT2D eigenvalue weighted by Gasteiger charge is 2.59. The lowest BCUT2D eigenvalue weighted by molar-refractivity contribution is -0.284. The van der Waals surface area contributed by atoms with Crippen molar-refractivity contribution in [3.8, 4) is 0 Å². The molecule has 7 nitrogen and oxygen atoms in total. The molecular weight excluding hydrogens is 831 g/mol. The Morgan fingerprint density at radius 2 is 1.45 bits per heavy atom. The molecule has 2 saturated heterocycles. The Morgan fingerprint density at radius 1 is 0.716 bits per heavy atom. The third-order valence-corrected chi connectivity index (χ3v) is 18.3. The van der Waals surface area contributed by atoms with Crippen molar-refractivity contribution in [2.45, 2.75) is 226 Å². The van der Waals surface area contributed by atoms with E-state index in [0.717, 1.165) is 113 Å². The zero-order valence-electron chi connectivity index (χ0n) is 44.6. The standard InChI is InChI=1S/C60H105NO6/c1-7-8-9-10-11-12-13-14-15-16-17-18-19-20-21-22-39-63-48-53(47-61-37-35-60(36-38-61)66-40-24-41-67-60)65-45-43-62-42-44-64-52-31-33-58(5)51(46-52)27-28-54-56-30-29-55(50(4)26-23-25-49(2)3)59(56,6)34-32-57(54)58/h11-12,14-15,27,49-50,52-57H,7-10,13,16-26,28-48H2,1-6H3/t50-,52+,53?,54?,55-,56?,57?,58+,59-/m1/s1. The van der Waals surface area contributed by atoms with Gasteiger partial charge < -0.3 is 33.3 Å². The molecule has 1 spiro atoms. The Morgan fingerprint density at radius 3 is 2.21 bits per heavy atom. The van der Waals surface area contributed by atoms with E-state index in [1.165, 1.54) is 128 Å². The average molecular weight is 937 g/mol. The van der Waals surface area contributed by atoms with Crippen LogP contribution in [0.15, 0.2) is 36.0 Å². The fourth-order valence-electron chi connectivity index (χ4n) is 14.3. The summed E-state index contributed by atoms with van der Waals surface area (Å²) in [6, 6.07) is 0. The van der Waals surface area contributed by atoms with Gasteiger partial charge in [-0.15, -0.1) is 0 Å². The maximum Gasteiger partial charge on any atom is 0.170 e. The maximum absolute atomic E-state index is 6.55. The van der Waals surface area contributed by atoms with E-state index in [9.17, 15) is 0 Å². The molecule has 2 aliphatic heterocycles. The molecule has 2 heterocycles. The molecule has 67 heavy (non-hydrogen) atoms. The van der Waals surface area contributed by atoms with E-state index >= 15 is 0 Å². The molecule has 6 aliphatic rings. The number of piperidine rings is 1. The van der Waals surface area contributed by atoms with E-state index in [2.05, 4.69) is 76.8 Å².